The van der Waals surface area contributed by atoms with Crippen molar-refractivity contribution in [2.75, 3.05) is 4.90 Å². The topological polar surface area (TPSA) is 3.24 Å². The Morgan fingerprint density at radius 3 is 1.97 bits per heavy atom. The molecule has 172 valence electrons. The number of aryl methyl sites for hydroxylation is 1. The van der Waals surface area contributed by atoms with Gasteiger partial charge in [0, 0.05) is 17.1 Å². The van der Waals surface area contributed by atoms with E-state index in [1.54, 1.807) is 11.3 Å². The van der Waals surface area contributed by atoms with E-state index in [0.29, 0.717) is 5.92 Å². The van der Waals surface area contributed by atoms with Crippen molar-refractivity contribution in [1.29, 1.82) is 0 Å². The highest BCUT2D eigenvalue weighted by molar-refractivity contribution is 7.10. The van der Waals surface area contributed by atoms with Crippen LogP contribution in [-0.4, -0.2) is 0 Å². The van der Waals surface area contributed by atoms with Crippen LogP contribution in [0.1, 0.15) is 49.1 Å². The lowest BCUT2D eigenvalue weighted by molar-refractivity contribution is 0.443. The first-order valence-corrected chi connectivity index (χ1v) is 13.1. The van der Waals surface area contributed by atoms with Gasteiger partial charge in [0.2, 0.25) is 0 Å². The van der Waals surface area contributed by atoms with E-state index >= 15 is 0 Å². The fourth-order valence-electron chi connectivity index (χ4n) is 4.54. The monoisotopic (exact) mass is 463 g/mol. The molecule has 0 fully saturated rings. The van der Waals surface area contributed by atoms with Crippen LogP contribution >= 0.6 is 11.3 Å². The maximum atomic E-state index is 3.18. The molecule has 1 nitrogen and oxygen atoms in total. The lowest BCUT2D eigenvalue weighted by Gasteiger charge is -2.25. The summed E-state index contributed by atoms with van der Waals surface area (Å²) in [4.78, 5) is 3.50. The summed E-state index contributed by atoms with van der Waals surface area (Å²) in [5.41, 5.74) is 6.39. The second kappa shape index (κ2) is 12.3. The highest BCUT2D eigenvalue weighted by Gasteiger charge is 2.14. The van der Waals surface area contributed by atoms with Crippen LogP contribution in [-0.2, 0) is 12.8 Å². The summed E-state index contributed by atoms with van der Waals surface area (Å²) in [7, 11) is 0. The summed E-state index contributed by atoms with van der Waals surface area (Å²) in [6.07, 6.45) is 6.00. The van der Waals surface area contributed by atoms with E-state index in [-0.39, 0.29) is 0 Å². The van der Waals surface area contributed by atoms with Gasteiger partial charge in [-0.2, -0.15) is 0 Å². The Labute approximate surface area is 209 Å². The van der Waals surface area contributed by atoms with Gasteiger partial charge in [0.1, 0.15) is 0 Å². The predicted octanol–water partition coefficient (Wildman–Crippen LogP) is 9.18. The Morgan fingerprint density at radius 2 is 1.38 bits per heavy atom. The number of anilines is 3. The van der Waals surface area contributed by atoms with Crippen LogP contribution < -0.4 is 4.90 Å². The largest absolute Gasteiger partial charge is 0.311 e. The first kappa shape index (κ1) is 23.9. The number of para-hydroxylation sites is 2. The van der Waals surface area contributed by atoms with Crippen molar-refractivity contribution in [3.8, 4) is 11.8 Å². The molecule has 1 unspecified atom stereocenters. The molecule has 4 rings (SSSR count). The standard InChI is InChI=1S/C32H33NS/c1-3-11-26(17-18-28-24-32(12-4-2)34-25-28)23-27-19-21-31(22-20-27)33(29-13-7-5-8-14-29)30-15-9-6-10-16-30/h5-10,13-16,19-22,24-26H,3,11,17-18,23H2,1-2H3. The minimum atomic E-state index is 0.704. The van der Waals surface area contributed by atoms with Gasteiger partial charge < -0.3 is 4.90 Å². The van der Waals surface area contributed by atoms with Crippen LogP contribution in [0.5, 0.6) is 0 Å². The van der Waals surface area contributed by atoms with Gasteiger partial charge in [-0.3, -0.25) is 0 Å². The fraction of sp³-hybridized carbons (Fsp3) is 0.250. The number of nitrogens with zero attached hydrogens (tertiary/aromatic N) is 1. The smallest absolute Gasteiger partial charge is 0.0771 e. The van der Waals surface area contributed by atoms with E-state index in [1.807, 2.05) is 6.92 Å². The van der Waals surface area contributed by atoms with E-state index in [0.717, 1.165) is 12.8 Å². The lowest BCUT2D eigenvalue weighted by Crippen LogP contribution is -2.10. The van der Waals surface area contributed by atoms with Gasteiger partial charge in [-0.15, -0.1) is 17.3 Å². The summed E-state index contributed by atoms with van der Waals surface area (Å²) in [6.45, 7) is 4.20. The molecule has 1 aromatic heterocycles. The molecule has 0 bridgehead atoms. The molecule has 0 aliphatic heterocycles. The van der Waals surface area contributed by atoms with Gasteiger partial charge in [0.15, 0.2) is 0 Å². The molecule has 1 heterocycles. The number of rotatable bonds is 10. The van der Waals surface area contributed by atoms with Gasteiger partial charge in [-0.1, -0.05) is 74.2 Å². The molecule has 34 heavy (non-hydrogen) atoms. The zero-order valence-corrected chi connectivity index (χ0v) is 21.0. The fourth-order valence-corrected chi connectivity index (χ4v) is 5.38. The first-order chi connectivity index (χ1) is 16.8. The van der Waals surface area contributed by atoms with E-state index in [9.17, 15) is 0 Å². The lowest BCUT2D eigenvalue weighted by atomic mass is 9.90. The average Bonchev–Trinajstić information content (AvgIpc) is 3.33. The Bertz CT molecular complexity index is 1160. The minimum Gasteiger partial charge on any atom is -0.311 e. The van der Waals surface area contributed by atoms with E-state index in [2.05, 4.69) is 120 Å². The van der Waals surface area contributed by atoms with Crippen molar-refractivity contribution in [3.05, 3.63) is 112 Å². The van der Waals surface area contributed by atoms with E-state index < -0.39 is 0 Å². The molecular formula is C32H33NS. The summed E-state index contributed by atoms with van der Waals surface area (Å²) in [6, 6.07) is 32.6. The third kappa shape index (κ3) is 6.40. The molecular weight excluding hydrogens is 430 g/mol. The predicted molar refractivity (Wildman–Crippen MR) is 148 cm³/mol. The molecule has 0 N–H and O–H groups in total. The highest BCUT2D eigenvalue weighted by atomic mass is 32.1. The molecule has 0 saturated carbocycles. The van der Waals surface area contributed by atoms with Crippen LogP contribution in [0, 0.1) is 17.8 Å². The Hall–Kier alpha value is -3.28. The number of hydrogen-bond donors (Lipinski definition) is 0. The molecule has 0 aliphatic rings. The van der Waals surface area contributed by atoms with Crippen LogP contribution in [0.2, 0.25) is 0 Å². The summed E-state index contributed by atoms with van der Waals surface area (Å²) >= 11 is 1.77. The van der Waals surface area contributed by atoms with Gasteiger partial charge in [0.25, 0.3) is 0 Å². The summed E-state index contributed by atoms with van der Waals surface area (Å²) in [5, 5.41) is 2.28. The van der Waals surface area contributed by atoms with Crippen LogP contribution in [0.4, 0.5) is 17.1 Å². The Morgan fingerprint density at radius 1 is 0.765 bits per heavy atom. The number of thiophene rings is 1. The zero-order chi connectivity index (χ0) is 23.6. The SMILES string of the molecule is CC#Cc1cc(CCC(CCC)Cc2ccc(N(c3ccccc3)c3ccccc3)cc2)cs1. The van der Waals surface area contributed by atoms with Crippen molar-refractivity contribution < 1.29 is 0 Å². The van der Waals surface area contributed by atoms with Crippen molar-refractivity contribution in [3.63, 3.8) is 0 Å². The molecule has 1 atom stereocenters. The second-order valence-electron chi connectivity index (χ2n) is 8.76. The molecule has 0 spiro atoms. The van der Waals surface area contributed by atoms with Crippen molar-refractivity contribution in [2.45, 2.75) is 46.0 Å². The van der Waals surface area contributed by atoms with Gasteiger partial charge in [-0.25, -0.2) is 0 Å². The minimum absolute atomic E-state index is 0.704. The summed E-state index contributed by atoms with van der Waals surface area (Å²) in [5.74, 6) is 6.89. The molecule has 0 saturated heterocycles. The first-order valence-electron chi connectivity index (χ1n) is 12.3. The normalized spacial score (nSPS) is 11.5. The maximum Gasteiger partial charge on any atom is 0.0771 e. The highest BCUT2D eigenvalue weighted by Crippen LogP contribution is 2.34. The Kier molecular flexibility index (Phi) is 8.60. The summed E-state index contributed by atoms with van der Waals surface area (Å²) < 4.78 is 0. The van der Waals surface area contributed by atoms with Crippen LogP contribution in [0.15, 0.2) is 96.4 Å². The third-order valence-electron chi connectivity index (χ3n) is 6.19. The second-order valence-corrected chi connectivity index (χ2v) is 9.68. The Balaban J connectivity index is 1.47. The molecule has 2 heteroatoms. The van der Waals surface area contributed by atoms with Crippen molar-refractivity contribution in [2.24, 2.45) is 5.92 Å². The van der Waals surface area contributed by atoms with Gasteiger partial charge in [0.05, 0.1) is 4.88 Å². The molecule has 4 aromatic rings. The third-order valence-corrected chi connectivity index (χ3v) is 7.08. The van der Waals surface area contributed by atoms with E-state index in [1.165, 1.54) is 52.3 Å². The van der Waals surface area contributed by atoms with Gasteiger partial charge in [-0.05, 0) is 91.1 Å². The molecule has 0 aliphatic carbocycles. The van der Waals surface area contributed by atoms with Gasteiger partial charge >= 0.3 is 0 Å². The number of benzene rings is 3. The molecule has 3 aromatic carbocycles. The quantitative estimate of drug-likeness (QED) is 0.212. The van der Waals surface area contributed by atoms with Crippen molar-refractivity contribution >= 4 is 28.4 Å². The maximum absolute atomic E-state index is 3.18. The molecule has 0 radical (unpaired) electrons. The zero-order valence-electron chi connectivity index (χ0n) is 20.2. The van der Waals surface area contributed by atoms with Crippen molar-refractivity contribution in [1.82, 2.24) is 0 Å². The van der Waals surface area contributed by atoms with E-state index in [4.69, 9.17) is 0 Å². The van der Waals surface area contributed by atoms with Crippen LogP contribution in [0.3, 0.4) is 0 Å². The average molecular weight is 464 g/mol. The molecule has 0 amide bonds. The van der Waals surface area contributed by atoms with Crippen LogP contribution in [0.25, 0.3) is 0 Å². The number of hydrogen-bond acceptors (Lipinski definition) is 2.